The summed E-state index contributed by atoms with van der Waals surface area (Å²) in [6.45, 7) is 7.17. The van der Waals surface area contributed by atoms with E-state index in [0.717, 1.165) is 31.8 Å². The first kappa shape index (κ1) is 18.5. The molecule has 1 N–H and O–H groups in total. The van der Waals surface area contributed by atoms with Crippen molar-refractivity contribution in [2.24, 2.45) is 0 Å². The van der Waals surface area contributed by atoms with Crippen LogP contribution in [-0.4, -0.2) is 23.4 Å². The number of rotatable bonds is 12. The smallest absolute Gasteiger partial charge is 0.302 e. The van der Waals surface area contributed by atoms with E-state index in [4.69, 9.17) is 9.05 Å². The predicted octanol–water partition coefficient (Wildman–Crippen LogP) is 3.62. The Balaban J connectivity index is 4.05. The minimum absolute atomic E-state index is 0.0318. The highest BCUT2D eigenvalue weighted by Crippen LogP contribution is 2.45. The maximum Gasteiger partial charge on any atom is 0.472 e. The molecular weight excluding hydrogens is 267 g/mol. The van der Waals surface area contributed by atoms with E-state index in [-0.39, 0.29) is 24.9 Å². The van der Waals surface area contributed by atoms with Crippen LogP contribution in [0, 0.1) is 0 Å². The highest BCUT2D eigenvalue weighted by Gasteiger charge is 2.25. The molecule has 0 aliphatic heterocycles. The molecule has 2 atom stereocenters. The number of hydrogen-bond donors (Lipinski definition) is 1. The van der Waals surface area contributed by atoms with Gasteiger partial charge in [0.05, 0.1) is 12.7 Å². The summed E-state index contributed by atoms with van der Waals surface area (Å²) in [6, 6.07) is 0. The summed E-state index contributed by atoms with van der Waals surface area (Å²) in [5.41, 5.74) is 0. The van der Waals surface area contributed by atoms with Crippen molar-refractivity contribution in [2.75, 3.05) is 6.61 Å². The van der Waals surface area contributed by atoms with E-state index >= 15 is 0 Å². The maximum atomic E-state index is 11.7. The number of phosphoric ester groups is 1. The fourth-order valence-electron chi connectivity index (χ4n) is 1.54. The van der Waals surface area contributed by atoms with Gasteiger partial charge in [-0.15, -0.1) is 0 Å². The molecule has 0 aromatic heterocycles. The van der Waals surface area contributed by atoms with Crippen LogP contribution in [0.3, 0.4) is 0 Å². The molecule has 2 unspecified atom stereocenters. The third-order valence-electron chi connectivity index (χ3n) is 2.70. The van der Waals surface area contributed by atoms with Gasteiger partial charge in [-0.2, -0.15) is 0 Å². The lowest BCUT2D eigenvalue weighted by atomic mass is 10.1. The van der Waals surface area contributed by atoms with Crippen molar-refractivity contribution < 1.29 is 23.3 Å². The first-order valence-electron chi connectivity index (χ1n) is 6.76. The number of hydrogen-bond acceptors (Lipinski definition) is 4. The van der Waals surface area contributed by atoms with Crippen LogP contribution >= 0.6 is 7.82 Å². The molecular formula is C13H25O5P. The monoisotopic (exact) mass is 292 g/mol. The zero-order chi connectivity index (χ0) is 14.7. The number of unbranched alkanes of at least 4 members (excludes halogenated alkanes) is 2. The molecule has 6 heteroatoms. The first-order valence-corrected chi connectivity index (χ1v) is 8.25. The quantitative estimate of drug-likeness (QED) is 0.338. The number of phosphoric acid groups is 1. The fraction of sp³-hybridized carbons (Fsp3) is 0.769. The predicted molar refractivity (Wildman–Crippen MR) is 74.9 cm³/mol. The first-order chi connectivity index (χ1) is 8.95. The van der Waals surface area contributed by atoms with Gasteiger partial charge in [-0.3, -0.25) is 13.8 Å². The summed E-state index contributed by atoms with van der Waals surface area (Å²) in [5.74, 6) is -0.227. The Morgan fingerprint density at radius 3 is 2.63 bits per heavy atom. The van der Waals surface area contributed by atoms with Crippen LogP contribution in [0.2, 0.25) is 0 Å². The van der Waals surface area contributed by atoms with E-state index in [1.165, 1.54) is 0 Å². The van der Waals surface area contributed by atoms with Crippen molar-refractivity contribution >= 4 is 13.6 Å². The zero-order valence-electron chi connectivity index (χ0n) is 11.8. The van der Waals surface area contributed by atoms with E-state index < -0.39 is 7.82 Å². The van der Waals surface area contributed by atoms with Crippen molar-refractivity contribution in [2.45, 2.75) is 58.5 Å². The third-order valence-corrected chi connectivity index (χ3v) is 3.77. The van der Waals surface area contributed by atoms with Crippen LogP contribution in [-0.2, 0) is 18.4 Å². The van der Waals surface area contributed by atoms with E-state index in [2.05, 4.69) is 13.5 Å². The zero-order valence-corrected chi connectivity index (χ0v) is 12.7. The molecule has 19 heavy (non-hydrogen) atoms. The lowest BCUT2D eigenvalue weighted by molar-refractivity contribution is -0.115. The average molecular weight is 292 g/mol. The summed E-state index contributed by atoms with van der Waals surface area (Å²) in [6.07, 6.45) is 5.43. The highest BCUT2D eigenvalue weighted by atomic mass is 31.2. The van der Waals surface area contributed by atoms with Gasteiger partial charge >= 0.3 is 7.82 Å². The van der Waals surface area contributed by atoms with Gasteiger partial charge in [0.25, 0.3) is 0 Å². The summed E-state index contributed by atoms with van der Waals surface area (Å²) in [4.78, 5) is 20.5. The van der Waals surface area contributed by atoms with E-state index in [0.29, 0.717) is 6.42 Å². The SMILES string of the molecule is C=CC(=O)CCOP(=O)(O)OC(CC)CCCCC. The Bertz CT molecular complexity index is 316. The van der Waals surface area contributed by atoms with Crippen molar-refractivity contribution in [3.63, 3.8) is 0 Å². The molecule has 0 spiro atoms. The molecule has 0 aromatic carbocycles. The fourth-order valence-corrected chi connectivity index (χ4v) is 2.55. The summed E-state index contributed by atoms with van der Waals surface area (Å²) >= 11 is 0. The van der Waals surface area contributed by atoms with Crippen molar-refractivity contribution in [1.82, 2.24) is 0 Å². The van der Waals surface area contributed by atoms with Crippen molar-refractivity contribution in [3.05, 3.63) is 12.7 Å². The minimum atomic E-state index is -4.07. The third kappa shape index (κ3) is 10.0. The summed E-state index contributed by atoms with van der Waals surface area (Å²) in [5, 5.41) is 0. The van der Waals surface area contributed by atoms with Crippen LogP contribution in [0.5, 0.6) is 0 Å². The highest BCUT2D eigenvalue weighted by molar-refractivity contribution is 7.47. The van der Waals surface area contributed by atoms with E-state index in [9.17, 15) is 14.3 Å². The lowest BCUT2D eigenvalue weighted by Gasteiger charge is -2.19. The Hall–Kier alpha value is -0.480. The molecule has 0 heterocycles. The molecule has 0 radical (unpaired) electrons. The largest absolute Gasteiger partial charge is 0.472 e. The molecule has 0 aromatic rings. The molecule has 0 amide bonds. The number of allylic oxidation sites excluding steroid dienone is 1. The number of carbonyl (C=O) groups excluding carboxylic acids is 1. The van der Waals surface area contributed by atoms with Gasteiger partial charge in [0.15, 0.2) is 5.78 Å². The van der Waals surface area contributed by atoms with Crippen LogP contribution in [0.15, 0.2) is 12.7 Å². The minimum Gasteiger partial charge on any atom is -0.302 e. The van der Waals surface area contributed by atoms with Gasteiger partial charge in [0, 0.05) is 6.42 Å². The molecule has 0 saturated heterocycles. The molecule has 0 aliphatic carbocycles. The molecule has 0 saturated carbocycles. The van der Waals surface area contributed by atoms with Crippen LogP contribution < -0.4 is 0 Å². The molecule has 0 fully saturated rings. The lowest BCUT2D eigenvalue weighted by Crippen LogP contribution is -2.12. The normalized spacial score (nSPS) is 15.7. The Labute approximate surface area is 115 Å². The summed E-state index contributed by atoms with van der Waals surface area (Å²) in [7, 11) is -4.07. The van der Waals surface area contributed by atoms with E-state index in [1.54, 1.807) is 0 Å². The Kier molecular flexibility index (Phi) is 10.1. The molecule has 0 aliphatic rings. The standard InChI is InChI=1S/C13H25O5P/c1-4-7-8-9-13(6-3)18-19(15,16)17-11-10-12(14)5-2/h5,13H,2,4,6-11H2,1,3H3,(H,15,16). The second kappa shape index (κ2) is 10.3. The second-order valence-corrected chi connectivity index (χ2v) is 5.76. The van der Waals surface area contributed by atoms with Gasteiger partial charge in [-0.25, -0.2) is 4.57 Å². The number of carbonyl (C=O) groups is 1. The van der Waals surface area contributed by atoms with Gasteiger partial charge in [0.1, 0.15) is 0 Å². The topological polar surface area (TPSA) is 72.8 Å². The summed E-state index contributed by atoms with van der Waals surface area (Å²) < 4.78 is 21.5. The van der Waals surface area contributed by atoms with E-state index in [1.807, 2.05) is 6.92 Å². The van der Waals surface area contributed by atoms with Crippen molar-refractivity contribution in [1.29, 1.82) is 0 Å². The Morgan fingerprint density at radius 1 is 1.42 bits per heavy atom. The van der Waals surface area contributed by atoms with Gasteiger partial charge in [0.2, 0.25) is 0 Å². The maximum absolute atomic E-state index is 11.7. The second-order valence-electron chi connectivity index (χ2n) is 4.35. The van der Waals surface area contributed by atoms with Crippen LogP contribution in [0.4, 0.5) is 0 Å². The average Bonchev–Trinajstić information content (AvgIpc) is 2.37. The molecule has 112 valence electrons. The van der Waals surface area contributed by atoms with Gasteiger partial charge in [-0.05, 0) is 18.9 Å². The van der Waals surface area contributed by atoms with Crippen molar-refractivity contribution in [3.8, 4) is 0 Å². The van der Waals surface area contributed by atoms with Crippen LogP contribution in [0.1, 0.15) is 52.4 Å². The molecule has 0 bridgehead atoms. The Morgan fingerprint density at radius 2 is 2.11 bits per heavy atom. The molecule has 0 rings (SSSR count). The van der Waals surface area contributed by atoms with Gasteiger partial charge < -0.3 is 4.89 Å². The van der Waals surface area contributed by atoms with Crippen LogP contribution in [0.25, 0.3) is 0 Å². The number of ketones is 1. The molecule has 5 nitrogen and oxygen atoms in total. The van der Waals surface area contributed by atoms with Gasteiger partial charge in [-0.1, -0.05) is 39.7 Å².